The van der Waals surface area contributed by atoms with Gasteiger partial charge in [-0.15, -0.1) is 0 Å². The van der Waals surface area contributed by atoms with Gasteiger partial charge in [0.25, 0.3) is 5.56 Å². The van der Waals surface area contributed by atoms with Crippen molar-refractivity contribution in [3.05, 3.63) is 21.6 Å². The summed E-state index contributed by atoms with van der Waals surface area (Å²) in [6, 6.07) is 0. The highest BCUT2D eigenvalue weighted by Gasteiger charge is 2.44. The number of nitrogens with zero attached hydrogens (tertiary/aromatic N) is 1. The molecule has 0 radical (unpaired) electrons. The number of aromatic nitrogens is 1. The third-order valence-corrected chi connectivity index (χ3v) is 3.86. The summed E-state index contributed by atoms with van der Waals surface area (Å²) in [6.45, 7) is 2.67. The Hall–Kier alpha value is -1.61. The molecule has 8 heteroatoms. The lowest BCUT2D eigenvalue weighted by Crippen LogP contribution is -2.36. The zero-order chi connectivity index (χ0) is 15.9. The second kappa shape index (κ2) is 5.64. The van der Waals surface area contributed by atoms with Crippen LogP contribution in [0.25, 0.3) is 0 Å². The molecule has 4 atom stereocenters. The molecule has 118 valence electrons. The fraction of sp³-hybridized carbons (Fsp3) is 0.615. The van der Waals surface area contributed by atoms with Crippen LogP contribution in [0.2, 0.25) is 0 Å². The largest absolute Gasteiger partial charge is 0.504 e. The van der Waals surface area contributed by atoms with E-state index in [0.717, 1.165) is 4.57 Å². The maximum absolute atomic E-state index is 12.4. The first-order valence-corrected chi connectivity index (χ1v) is 6.46. The minimum atomic E-state index is -1.38. The van der Waals surface area contributed by atoms with Gasteiger partial charge in [-0.2, -0.15) is 0 Å². The summed E-state index contributed by atoms with van der Waals surface area (Å²) in [5.74, 6) is -0.543. The van der Waals surface area contributed by atoms with Gasteiger partial charge >= 0.3 is 0 Å². The number of aromatic hydroxyl groups is 1. The second-order valence-corrected chi connectivity index (χ2v) is 5.00. The smallest absolute Gasteiger partial charge is 0.299 e. The molecule has 0 aliphatic carbocycles. The predicted molar refractivity (Wildman–Crippen MR) is 71.4 cm³/mol. The average molecular weight is 301 g/mol. The van der Waals surface area contributed by atoms with Gasteiger partial charge in [0, 0.05) is 11.3 Å². The molecule has 1 aromatic rings. The Morgan fingerprint density at radius 2 is 1.90 bits per heavy atom. The van der Waals surface area contributed by atoms with Crippen molar-refractivity contribution in [2.75, 3.05) is 13.7 Å². The molecule has 2 heterocycles. The van der Waals surface area contributed by atoms with E-state index in [-0.39, 0.29) is 11.5 Å². The summed E-state index contributed by atoms with van der Waals surface area (Å²) in [5.41, 5.74) is 0.0743. The van der Waals surface area contributed by atoms with Crippen LogP contribution in [-0.4, -0.2) is 57.0 Å². The standard InChI is InChI=1S/C13H19NO7/c1-5-6(2)14(12(19)11(20-3)8(5)16)13-10(18)9(17)7(4-15)21-13/h7,9-10,13,15-18H,4H2,1-3H3/t7-,9-,10-,13-/m1/s1. The minimum absolute atomic E-state index is 0.268. The summed E-state index contributed by atoms with van der Waals surface area (Å²) in [7, 11) is 1.24. The Labute approximate surface area is 120 Å². The Morgan fingerprint density at radius 1 is 1.29 bits per heavy atom. The highest BCUT2D eigenvalue weighted by atomic mass is 16.6. The highest BCUT2D eigenvalue weighted by Crippen LogP contribution is 2.34. The van der Waals surface area contributed by atoms with Crippen molar-refractivity contribution in [1.29, 1.82) is 0 Å². The molecule has 0 saturated carbocycles. The summed E-state index contributed by atoms with van der Waals surface area (Å²) in [5, 5.41) is 38.8. The predicted octanol–water partition coefficient (Wildman–Crippen LogP) is -1.21. The van der Waals surface area contributed by atoms with E-state index in [1.54, 1.807) is 13.8 Å². The van der Waals surface area contributed by atoms with E-state index in [2.05, 4.69) is 0 Å². The number of methoxy groups -OCH3 is 1. The van der Waals surface area contributed by atoms with Crippen molar-refractivity contribution >= 4 is 0 Å². The van der Waals surface area contributed by atoms with Gasteiger partial charge < -0.3 is 29.9 Å². The van der Waals surface area contributed by atoms with Gasteiger partial charge in [-0.3, -0.25) is 9.36 Å². The first-order valence-electron chi connectivity index (χ1n) is 6.46. The van der Waals surface area contributed by atoms with Crippen LogP contribution in [-0.2, 0) is 4.74 Å². The van der Waals surface area contributed by atoms with Crippen LogP contribution in [0.15, 0.2) is 4.79 Å². The molecule has 2 rings (SSSR count). The maximum Gasteiger partial charge on any atom is 0.299 e. The van der Waals surface area contributed by atoms with Crippen LogP contribution >= 0.6 is 0 Å². The van der Waals surface area contributed by atoms with Gasteiger partial charge in [-0.05, 0) is 13.8 Å². The Kier molecular flexibility index (Phi) is 4.24. The van der Waals surface area contributed by atoms with Crippen LogP contribution in [0.1, 0.15) is 17.5 Å². The van der Waals surface area contributed by atoms with Crippen molar-refractivity contribution in [3.8, 4) is 11.5 Å². The van der Waals surface area contributed by atoms with Gasteiger partial charge in [0.2, 0.25) is 5.75 Å². The molecule has 8 nitrogen and oxygen atoms in total. The van der Waals surface area contributed by atoms with Gasteiger partial charge in [0.05, 0.1) is 13.7 Å². The normalized spacial score (nSPS) is 28.9. The molecule has 1 aliphatic rings. The van der Waals surface area contributed by atoms with Gasteiger partial charge in [0.15, 0.2) is 12.0 Å². The lowest BCUT2D eigenvalue weighted by atomic mass is 10.1. The van der Waals surface area contributed by atoms with Gasteiger partial charge in [-0.1, -0.05) is 0 Å². The summed E-state index contributed by atoms with van der Waals surface area (Å²) in [6.07, 6.45) is -4.85. The van der Waals surface area contributed by atoms with E-state index in [0.29, 0.717) is 11.3 Å². The molecule has 1 saturated heterocycles. The summed E-state index contributed by atoms with van der Waals surface area (Å²) < 4.78 is 11.4. The van der Waals surface area contributed by atoms with E-state index in [1.165, 1.54) is 7.11 Å². The molecular weight excluding hydrogens is 282 g/mol. The molecular formula is C13H19NO7. The van der Waals surface area contributed by atoms with Crippen LogP contribution in [0.5, 0.6) is 11.5 Å². The average Bonchev–Trinajstić information content (AvgIpc) is 2.74. The fourth-order valence-corrected chi connectivity index (χ4v) is 2.47. The van der Waals surface area contributed by atoms with Crippen molar-refractivity contribution in [1.82, 2.24) is 4.57 Å². The van der Waals surface area contributed by atoms with E-state index < -0.39 is 36.7 Å². The number of rotatable bonds is 3. The topological polar surface area (TPSA) is 121 Å². The Bertz CT molecular complexity index is 597. The first kappa shape index (κ1) is 15.8. The first-order chi connectivity index (χ1) is 9.84. The van der Waals surface area contributed by atoms with E-state index in [4.69, 9.17) is 14.6 Å². The number of aliphatic hydroxyl groups is 3. The van der Waals surface area contributed by atoms with Crippen molar-refractivity contribution in [2.45, 2.75) is 38.4 Å². The van der Waals surface area contributed by atoms with E-state index in [9.17, 15) is 20.1 Å². The Balaban J connectivity index is 2.60. The van der Waals surface area contributed by atoms with Gasteiger partial charge in [0.1, 0.15) is 18.3 Å². The molecule has 0 unspecified atom stereocenters. The molecule has 1 aliphatic heterocycles. The fourth-order valence-electron chi connectivity index (χ4n) is 2.47. The summed E-state index contributed by atoms with van der Waals surface area (Å²) >= 11 is 0. The quantitative estimate of drug-likeness (QED) is 0.552. The SMILES string of the molecule is COc1c(O)c(C)c(C)n([C@@H]2O[C@H](CO)[C@@H](O)[C@H]2O)c1=O. The van der Waals surface area contributed by atoms with Crippen molar-refractivity contribution in [2.24, 2.45) is 0 Å². The molecule has 0 spiro atoms. The van der Waals surface area contributed by atoms with E-state index >= 15 is 0 Å². The number of ether oxygens (including phenoxy) is 2. The van der Waals surface area contributed by atoms with Crippen LogP contribution in [0.3, 0.4) is 0 Å². The summed E-state index contributed by atoms with van der Waals surface area (Å²) in [4.78, 5) is 12.4. The van der Waals surface area contributed by atoms with Gasteiger partial charge in [-0.25, -0.2) is 0 Å². The molecule has 0 bridgehead atoms. The van der Waals surface area contributed by atoms with Crippen molar-refractivity contribution < 1.29 is 29.9 Å². The minimum Gasteiger partial charge on any atom is -0.504 e. The third kappa shape index (κ3) is 2.30. The molecule has 21 heavy (non-hydrogen) atoms. The number of hydrogen-bond acceptors (Lipinski definition) is 7. The van der Waals surface area contributed by atoms with E-state index in [1.807, 2.05) is 0 Å². The number of pyridine rings is 1. The van der Waals surface area contributed by atoms with Crippen LogP contribution in [0, 0.1) is 13.8 Å². The number of hydrogen-bond donors (Lipinski definition) is 4. The molecule has 0 amide bonds. The van der Waals surface area contributed by atoms with Crippen LogP contribution < -0.4 is 10.3 Å². The van der Waals surface area contributed by atoms with Crippen LogP contribution in [0.4, 0.5) is 0 Å². The molecule has 0 aromatic carbocycles. The number of aliphatic hydroxyl groups excluding tert-OH is 3. The molecule has 4 N–H and O–H groups in total. The second-order valence-electron chi connectivity index (χ2n) is 5.00. The third-order valence-electron chi connectivity index (χ3n) is 3.86. The van der Waals surface area contributed by atoms with Crippen molar-refractivity contribution in [3.63, 3.8) is 0 Å². The molecule has 1 fully saturated rings. The lowest BCUT2D eigenvalue weighted by molar-refractivity contribution is -0.0557. The Morgan fingerprint density at radius 3 is 2.38 bits per heavy atom. The zero-order valence-corrected chi connectivity index (χ0v) is 12.0. The maximum atomic E-state index is 12.4. The molecule has 1 aromatic heterocycles. The zero-order valence-electron chi connectivity index (χ0n) is 12.0. The lowest BCUT2D eigenvalue weighted by Gasteiger charge is -2.23. The monoisotopic (exact) mass is 301 g/mol. The highest BCUT2D eigenvalue weighted by molar-refractivity contribution is 5.45.